The molecule has 0 aliphatic carbocycles. The van der Waals surface area contributed by atoms with Crippen molar-refractivity contribution in [2.45, 2.75) is 79.7 Å². The number of alkyl carbamates (subject to hydrolysis) is 1. The molecule has 0 radical (unpaired) electrons. The summed E-state index contributed by atoms with van der Waals surface area (Å²) in [5.74, 6) is 1.34. The van der Waals surface area contributed by atoms with Crippen molar-refractivity contribution in [1.29, 1.82) is 0 Å². The van der Waals surface area contributed by atoms with E-state index in [9.17, 15) is 9.59 Å². The van der Waals surface area contributed by atoms with Crippen LogP contribution < -0.4 is 5.32 Å². The van der Waals surface area contributed by atoms with Crippen molar-refractivity contribution < 1.29 is 19.1 Å². The van der Waals surface area contributed by atoms with Crippen LogP contribution in [0.1, 0.15) is 78.1 Å². The van der Waals surface area contributed by atoms with Gasteiger partial charge in [-0.3, -0.25) is 0 Å². The molecule has 3 aromatic carbocycles. The first-order valence-corrected chi connectivity index (χ1v) is 16.8. The Balaban J connectivity index is 0.00000265. The molecule has 258 valence electrons. The van der Waals surface area contributed by atoms with Crippen LogP contribution in [0.25, 0.3) is 33.6 Å². The van der Waals surface area contributed by atoms with Crippen molar-refractivity contribution in [2.24, 2.45) is 0 Å². The molecule has 0 saturated carbocycles. The molecule has 2 aromatic heterocycles. The molecular weight excluding hydrogens is 616 g/mol. The smallest absolute Gasteiger partial charge is 0.410 e. The van der Waals surface area contributed by atoms with E-state index in [0.717, 1.165) is 45.6 Å². The number of aromatic nitrogens is 4. The lowest BCUT2D eigenvalue weighted by molar-refractivity contribution is 0.0506. The van der Waals surface area contributed by atoms with E-state index in [1.54, 1.807) is 17.3 Å². The van der Waals surface area contributed by atoms with Crippen LogP contribution in [0.2, 0.25) is 0 Å². The fraction of sp³-hybridized carbons (Fsp3) is 0.333. The van der Waals surface area contributed by atoms with Crippen LogP contribution in [0.15, 0.2) is 91.3 Å². The van der Waals surface area contributed by atoms with E-state index in [1.807, 2.05) is 90.9 Å². The summed E-state index contributed by atoms with van der Waals surface area (Å²) < 4.78 is 10.9. The quantitative estimate of drug-likeness (QED) is 0.129. The lowest BCUT2D eigenvalue weighted by Crippen LogP contribution is -2.34. The zero-order chi connectivity index (χ0) is 35.4. The summed E-state index contributed by atoms with van der Waals surface area (Å²) >= 11 is 0. The van der Waals surface area contributed by atoms with Gasteiger partial charge in [0.1, 0.15) is 23.9 Å². The van der Waals surface area contributed by atoms with Crippen molar-refractivity contribution in [3.63, 3.8) is 0 Å². The topological polar surface area (TPSA) is 125 Å². The van der Waals surface area contributed by atoms with Crippen LogP contribution in [0.4, 0.5) is 9.59 Å². The summed E-state index contributed by atoms with van der Waals surface area (Å²) in [4.78, 5) is 42.3. The third kappa shape index (κ3) is 10.6. The summed E-state index contributed by atoms with van der Waals surface area (Å²) in [6, 6.07) is 25.8. The van der Waals surface area contributed by atoms with Crippen LogP contribution in [-0.4, -0.2) is 49.2 Å². The maximum Gasteiger partial charge on any atom is 0.410 e. The fourth-order valence-corrected chi connectivity index (χ4v) is 5.03. The van der Waals surface area contributed by atoms with Gasteiger partial charge >= 0.3 is 12.2 Å². The second-order valence-corrected chi connectivity index (χ2v) is 12.4. The number of hydrogen-bond acceptors (Lipinski definition) is 6. The number of imidazole rings is 2. The Kier molecular flexibility index (Phi) is 12.8. The molecular formula is C39H48N6O4. The second kappa shape index (κ2) is 17.1. The molecule has 10 nitrogen and oxygen atoms in total. The van der Waals surface area contributed by atoms with E-state index in [4.69, 9.17) is 9.47 Å². The molecule has 3 N–H and O–H groups in total. The maximum atomic E-state index is 12.8. The number of amides is 2. The summed E-state index contributed by atoms with van der Waals surface area (Å²) in [5, 5.41) is 2.81. The normalized spacial score (nSPS) is 11.6. The Hall–Kier alpha value is -5.38. The fourth-order valence-electron chi connectivity index (χ4n) is 5.03. The van der Waals surface area contributed by atoms with E-state index in [-0.39, 0.29) is 18.7 Å². The standard InChI is InChI=1S/C37H42N6O4.C2H6/c1-6-20-43(36(45)46-24-26-10-8-7-9-11-26)23-33-38-21-31(41-33)29-16-12-27(13-17-29)28-14-18-30(19-15-28)32-22-39-34(42-32)25(2)40-35(44)47-37(3,4)5;1-2/h7-19,21-22,25H,6,20,23-24H2,1-5H3,(H,38,41)(H,39,42)(H,40,44);1-2H3/t25-;/m0./s1. The summed E-state index contributed by atoms with van der Waals surface area (Å²) in [5.41, 5.74) is 6.26. The summed E-state index contributed by atoms with van der Waals surface area (Å²) in [7, 11) is 0. The molecule has 0 aliphatic rings. The second-order valence-electron chi connectivity index (χ2n) is 12.4. The highest BCUT2D eigenvalue weighted by molar-refractivity contribution is 5.72. The monoisotopic (exact) mass is 664 g/mol. The Bertz CT molecular complexity index is 1760. The number of ether oxygens (including phenoxy) is 2. The van der Waals surface area contributed by atoms with Gasteiger partial charge < -0.3 is 29.7 Å². The first-order chi connectivity index (χ1) is 23.6. The molecule has 0 bridgehead atoms. The SMILES string of the molecule is CC.CCCN(Cc1ncc(-c2ccc(-c3ccc(-c4cnc([C@H](C)NC(=O)OC(C)(C)C)[nH]4)cc3)cc2)[nH]1)C(=O)OCc1ccccc1. The zero-order valence-corrected chi connectivity index (χ0v) is 29.5. The molecule has 0 saturated heterocycles. The van der Waals surface area contributed by atoms with Crippen LogP contribution >= 0.6 is 0 Å². The van der Waals surface area contributed by atoms with Gasteiger partial charge in [-0.25, -0.2) is 19.6 Å². The van der Waals surface area contributed by atoms with Gasteiger partial charge in [-0.2, -0.15) is 0 Å². The van der Waals surface area contributed by atoms with Gasteiger partial charge in [0.2, 0.25) is 0 Å². The first kappa shape index (κ1) is 36.5. The van der Waals surface area contributed by atoms with Crippen LogP contribution in [-0.2, 0) is 22.6 Å². The number of benzene rings is 3. The van der Waals surface area contributed by atoms with E-state index < -0.39 is 11.7 Å². The molecule has 2 amide bonds. The van der Waals surface area contributed by atoms with Gasteiger partial charge in [0, 0.05) is 6.54 Å². The number of nitrogens with one attached hydrogen (secondary N) is 3. The third-order valence-corrected chi connectivity index (χ3v) is 7.39. The van der Waals surface area contributed by atoms with Gasteiger partial charge in [0.15, 0.2) is 0 Å². The van der Waals surface area contributed by atoms with Gasteiger partial charge in [-0.05, 0) is 61.9 Å². The van der Waals surface area contributed by atoms with Crippen LogP contribution in [0, 0.1) is 0 Å². The van der Waals surface area contributed by atoms with E-state index in [2.05, 4.69) is 61.7 Å². The van der Waals surface area contributed by atoms with Crippen molar-refractivity contribution >= 4 is 12.2 Å². The van der Waals surface area contributed by atoms with Gasteiger partial charge in [-0.1, -0.05) is 99.6 Å². The number of rotatable bonds is 11. The minimum Gasteiger partial charge on any atom is -0.445 e. The first-order valence-electron chi connectivity index (χ1n) is 16.8. The molecule has 0 spiro atoms. The van der Waals surface area contributed by atoms with Crippen molar-refractivity contribution in [1.82, 2.24) is 30.2 Å². The molecule has 10 heteroatoms. The predicted octanol–water partition coefficient (Wildman–Crippen LogP) is 9.29. The Labute approximate surface area is 289 Å². The van der Waals surface area contributed by atoms with Crippen LogP contribution in [0.5, 0.6) is 0 Å². The Morgan fingerprint density at radius 3 is 1.94 bits per heavy atom. The number of aromatic amines is 2. The largest absolute Gasteiger partial charge is 0.445 e. The van der Waals surface area contributed by atoms with Gasteiger partial charge in [0.05, 0.1) is 36.4 Å². The number of carbonyl (C=O) groups excluding carboxylic acids is 2. The average molecular weight is 665 g/mol. The maximum absolute atomic E-state index is 12.8. The molecule has 0 fully saturated rings. The average Bonchev–Trinajstić information content (AvgIpc) is 3.79. The summed E-state index contributed by atoms with van der Waals surface area (Å²) in [6.07, 6.45) is 3.52. The molecule has 1 atom stereocenters. The van der Waals surface area contributed by atoms with E-state index >= 15 is 0 Å². The van der Waals surface area contributed by atoms with E-state index in [0.29, 0.717) is 24.7 Å². The third-order valence-electron chi connectivity index (χ3n) is 7.39. The lowest BCUT2D eigenvalue weighted by Gasteiger charge is -2.21. The summed E-state index contributed by atoms with van der Waals surface area (Å²) in [6.45, 7) is 14.5. The van der Waals surface area contributed by atoms with Crippen molar-refractivity contribution in [3.05, 3.63) is 108 Å². The minimum atomic E-state index is -0.568. The lowest BCUT2D eigenvalue weighted by atomic mass is 10.0. The number of H-pyrrole nitrogens is 2. The highest BCUT2D eigenvalue weighted by Gasteiger charge is 2.20. The van der Waals surface area contributed by atoms with Crippen LogP contribution in [0.3, 0.4) is 0 Å². The number of carbonyl (C=O) groups is 2. The van der Waals surface area contributed by atoms with Crippen molar-refractivity contribution in [3.8, 4) is 33.6 Å². The predicted molar refractivity (Wildman–Crippen MR) is 194 cm³/mol. The highest BCUT2D eigenvalue weighted by atomic mass is 16.6. The molecule has 49 heavy (non-hydrogen) atoms. The highest BCUT2D eigenvalue weighted by Crippen LogP contribution is 2.27. The molecule has 2 heterocycles. The number of hydrogen-bond donors (Lipinski definition) is 3. The zero-order valence-electron chi connectivity index (χ0n) is 29.5. The van der Waals surface area contributed by atoms with Crippen molar-refractivity contribution in [2.75, 3.05) is 6.54 Å². The van der Waals surface area contributed by atoms with Gasteiger partial charge in [-0.15, -0.1) is 0 Å². The Morgan fingerprint density at radius 2 is 1.37 bits per heavy atom. The molecule has 0 aliphatic heterocycles. The van der Waals surface area contributed by atoms with E-state index in [1.165, 1.54) is 0 Å². The molecule has 5 aromatic rings. The minimum absolute atomic E-state index is 0.233. The number of nitrogens with zero attached hydrogens (tertiary/aromatic N) is 3. The molecule has 5 rings (SSSR count). The molecule has 0 unspecified atom stereocenters. The Morgan fingerprint density at radius 1 is 0.816 bits per heavy atom. The van der Waals surface area contributed by atoms with Gasteiger partial charge in [0.25, 0.3) is 0 Å².